The molecule has 0 aliphatic carbocycles. The number of rotatable bonds is 4. The minimum atomic E-state index is -0.104. The highest BCUT2D eigenvalue weighted by Gasteiger charge is 2.12. The highest BCUT2D eigenvalue weighted by molar-refractivity contribution is 9.10. The predicted octanol–water partition coefficient (Wildman–Crippen LogP) is 3.52. The van der Waals surface area contributed by atoms with E-state index in [2.05, 4.69) is 21.1 Å². The third kappa shape index (κ3) is 2.57. The van der Waals surface area contributed by atoms with Crippen molar-refractivity contribution in [3.8, 4) is 17.0 Å². The molecule has 2 rings (SSSR count). The topological polar surface area (TPSA) is 61.3 Å². The second-order valence-electron chi connectivity index (χ2n) is 3.98. The second-order valence-corrected chi connectivity index (χ2v) is 4.83. The summed E-state index contributed by atoms with van der Waals surface area (Å²) >= 11 is 3.45. The van der Waals surface area contributed by atoms with Crippen LogP contribution in [0, 0.1) is 0 Å². The highest BCUT2D eigenvalue weighted by atomic mass is 79.9. The summed E-state index contributed by atoms with van der Waals surface area (Å²) in [5.41, 5.74) is 7.63. The van der Waals surface area contributed by atoms with Crippen molar-refractivity contribution < 1.29 is 9.26 Å². The Labute approximate surface area is 114 Å². The zero-order valence-electron chi connectivity index (χ0n) is 10.3. The number of ether oxygens (including phenoxy) is 1. The number of methoxy groups -OCH3 is 1. The van der Waals surface area contributed by atoms with Crippen LogP contribution in [0.3, 0.4) is 0 Å². The van der Waals surface area contributed by atoms with Gasteiger partial charge in [-0.3, -0.25) is 0 Å². The number of nitrogens with two attached hydrogens (primary N) is 1. The number of nitrogens with zero attached hydrogens (tertiary/aromatic N) is 1. The van der Waals surface area contributed by atoms with Crippen molar-refractivity contribution in [2.75, 3.05) is 7.11 Å². The van der Waals surface area contributed by atoms with Crippen LogP contribution in [-0.4, -0.2) is 12.3 Å². The molecule has 5 heteroatoms. The van der Waals surface area contributed by atoms with Crippen LogP contribution in [0.25, 0.3) is 11.3 Å². The first kappa shape index (κ1) is 13.1. The van der Waals surface area contributed by atoms with Crippen molar-refractivity contribution in [3.05, 3.63) is 34.5 Å². The first-order valence-electron chi connectivity index (χ1n) is 5.71. The summed E-state index contributed by atoms with van der Waals surface area (Å²) in [7, 11) is 1.63. The van der Waals surface area contributed by atoms with Crippen molar-refractivity contribution in [2.45, 2.75) is 19.4 Å². The van der Waals surface area contributed by atoms with Crippen LogP contribution in [0.15, 0.2) is 33.3 Å². The number of aromatic nitrogens is 1. The number of hydrogen-bond acceptors (Lipinski definition) is 4. The minimum absolute atomic E-state index is 0.104. The molecule has 1 unspecified atom stereocenters. The van der Waals surface area contributed by atoms with E-state index in [1.54, 1.807) is 7.11 Å². The average molecular weight is 311 g/mol. The summed E-state index contributed by atoms with van der Waals surface area (Å²) in [6, 6.07) is 7.53. The molecular formula is C13H15BrN2O2. The molecule has 96 valence electrons. The molecule has 0 fully saturated rings. The van der Waals surface area contributed by atoms with Crippen LogP contribution in [0.5, 0.6) is 5.75 Å². The molecule has 1 heterocycles. The lowest BCUT2D eigenvalue weighted by Crippen LogP contribution is -2.06. The number of halogens is 1. The minimum Gasteiger partial charge on any atom is -0.496 e. The Hall–Kier alpha value is -1.33. The Morgan fingerprint density at radius 3 is 2.83 bits per heavy atom. The van der Waals surface area contributed by atoms with E-state index in [1.807, 2.05) is 31.2 Å². The maximum absolute atomic E-state index is 5.90. The van der Waals surface area contributed by atoms with Gasteiger partial charge in [0, 0.05) is 11.6 Å². The lowest BCUT2D eigenvalue weighted by Gasteiger charge is -2.04. The third-order valence-electron chi connectivity index (χ3n) is 2.78. The fourth-order valence-corrected chi connectivity index (χ4v) is 2.17. The van der Waals surface area contributed by atoms with E-state index in [0.29, 0.717) is 5.76 Å². The summed E-state index contributed by atoms with van der Waals surface area (Å²) in [5, 5.41) is 4.04. The molecule has 0 bridgehead atoms. The fraction of sp³-hybridized carbons (Fsp3) is 0.308. The third-order valence-corrected chi connectivity index (χ3v) is 3.40. The maximum atomic E-state index is 5.90. The lowest BCUT2D eigenvalue weighted by molar-refractivity contribution is 0.360. The van der Waals surface area contributed by atoms with E-state index in [9.17, 15) is 0 Å². The number of hydrogen-bond donors (Lipinski definition) is 1. The van der Waals surface area contributed by atoms with Crippen LogP contribution in [-0.2, 0) is 0 Å². The van der Waals surface area contributed by atoms with E-state index >= 15 is 0 Å². The Balaban J connectivity index is 2.31. The molecule has 0 saturated heterocycles. The van der Waals surface area contributed by atoms with Gasteiger partial charge < -0.3 is 15.0 Å². The van der Waals surface area contributed by atoms with Gasteiger partial charge in [0.05, 0.1) is 17.6 Å². The van der Waals surface area contributed by atoms with Gasteiger partial charge in [0.15, 0.2) is 5.76 Å². The molecule has 18 heavy (non-hydrogen) atoms. The van der Waals surface area contributed by atoms with Crippen LogP contribution >= 0.6 is 15.9 Å². The van der Waals surface area contributed by atoms with Gasteiger partial charge in [0.1, 0.15) is 11.4 Å². The van der Waals surface area contributed by atoms with E-state index < -0.39 is 0 Å². The quantitative estimate of drug-likeness (QED) is 0.938. The van der Waals surface area contributed by atoms with Gasteiger partial charge in [-0.05, 0) is 40.5 Å². The highest BCUT2D eigenvalue weighted by Crippen LogP contribution is 2.31. The van der Waals surface area contributed by atoms with Gasteiger partial charge in [-0.25, -0.2) is 0 Å². The smallest absolute Gasteiger partial charge is 0.154 e. The predicted molar refractivity (Wildman–Crippen MR) is 73.4 cm³/mol. The molecule has 1 aromatic carbocycles. The Morgan fingerprint density at radius 1 is 1.44 bits per heavy atom. The molecule has 0 saturated carbocycles. The molecular weight excluding hydrogens is 296 g/mol. The molecule has 2 N–H and O–H groups in total. The van der Waals surface area contributed by atoms with Gasteiger partial charge in [-0.1, -0.05) is 12.1 Å². The summed E-state index contributed by atoms with van der Waals surface area (Å²) in [5.74, 6) is 1.49. The van der Waals surface area contributed by atoms with Crippen molar-refractivity contribution in [1.29, 1.82) is 0 Å². The van der Waals surface area contributed by atoms with Gasteiger partial charge in [0.2, 0.25) is 0 Å². The summed E-state index contributed by atoms with van der Waals surface area (Å²) in [6.07, 6.45) is 0.820. The van der Waals surface area contributed by atoms with Crippen molar-refractivity contribution in [1.82, 2.24) is 5.16 Å². The molecule has 0 aliphatic heterocycles. The van der Waals surface area contributed by atoms with Gasteiger partial charge in [0.25, 0.3) is 0 Å². The Bertz CT molecular complexity index is 540. The molecule has 4 nitrogen and oxygen atoms in total. The zero-order chi connectivity index (χ0) is 13.1. The Morgan fingerprint density at radius 2 is 2.22 bits per heavy atom. The largest absolute Gasteiger partial charge is 0.496 e. The van der Waals surface area contributed by atoms with Gasteiger partial charge >= 0.3 is 0 Å². The first-order chi connectivity index (χ1) is 8.65. The van der Waals surface area contributed by atoms with Crippen LogP contribution in [0.4, 0.5) is 0 Å². The van der Waals surface area contributed by atoms with Crippen molar-refractivity contribution in [3.63, 3.8) is 0 Å². The number of benzene rings is 1. The molecule has 0 amide bonds. The van der Waals surface area contributed by atoms with Gasteiger partial charge in [-0.15, -0.1) is 0 Å². The van der Waals surface area contributed by atoms with Crippen LogP contribution < -0.4 is 10.5 Å². The molecule has 1 atom stereocenters. The van der Waals surface area contributed by atoms with E-state index in [4.69, 9.17) is 15.0 Å². The normalized spacial score (nSPS) is 12.4. The molecule has 2 aromatic rings. The monoisotopic (exact) mass is 310 g/mol. The van der Waals surface area contributed by atoms with E-state index in [-0.39, 0.29) is 6.04 Å². The SMILES string of the molecule is CCC(N)c1cc(-c2ccc(OC)c(Br)c2)no1. The Kier molecular flexibility index (Phi) is 4.04. The van der Waals surface area contributed by atoms with Gasteiger partial charge in [-0.2, -0.15) is 0 Å². The standard InChI is InChI=1S/C13H15BrN2O2/c1-3-10(15)13-7-11(16-18-13)8-4-5-12(17-2)9(14)6-8/h4-7,10H,3,15H2,1-2H3. The van der Waals surface area contributed by atoms with Crippen LogP contribution in [0.1, 0.15) is 25.1 Å². The average Bonchev–Trinajstić information content (AvgIpc) is 2.87. The van der Waals surface area contributed by atoms with E-state index in [1.165, 1.54) is 0 Å². The lowest BCUT2D eigenvalue weighted by atomic mass is 10.1. The zero-order valence-corrected chi connectivity index (χ0v) is 11.9. The second kappa shape index (κ2) is 5.54. The summed E-state index contributed by atoms with van der Waals surface area (Å²) in [6.45, 7) is 2.01. The molecule has 0 aliphatic rings. The molecule has 0 radical (unpaired) electrons. The molecule has 1 aromatic heterocycles. The summed E-state index contributed by atoms with van der Waals surface area (Å²) < 4.78 is 11.3. The van der Waals surface area contributed by atoms with E-state index in [0.717, 1.165) is 27.9 Å². The summed E-state index contributed by atoms with van der Waals surface area (Å²) in [4.78, 5) is 0. The fourth-order valence-electron chi connectivity index (χ4n) is 1.63. The van der Waals surface area contributed by atoms with Crippen LogP contribution in [0.2, 0.25) is 0 Å². The maximum Gasteiger partial charge on any atom is 0.154 e. The van der Waals surface area contributed by atoms with Crippen molar-refractivity contribution in [2.24, 2.45) is 5.73 Å². The van der Waals surface area contributed by atoms with Crippen molar-refractivity contribution >= 4 is 15.9 Å². The molecule has 0 spiro atoms. The first-order valence-corrected chi connectivity index (χ1v) is 6.51.